The minimum absolute atomic E-state index is 0. The number of benzene rings is 1. The summed E-state index contributed by atoms with van der Waals surface area (Å²) < 4.78 is 1.68. The highest BCUT2D eigenvalue weighted by atomic mass is 127. The number of nitrogens with one attached hydrogen (secondary N) is 2. The van der Waals surface area contributed by atoms with E-state index in [1.165, 1.54) is 4.90 Å². The van der Waals surface area contributed by atoms with E-state index >= 15 is 0 Å². The zero-order chi connectivity index (χ0) is 19.0. The fraction of sp³-hybridized carbons (Fsp3) is 0.474. The van der Waals surface area contributed by atoms with Crippen molar-refractivity contribution in [1.82, 2.24) is 20.4 Å². The lowest BCUT2D eigenvalue weighted by atomic mass is 10.0. The largest absolute Gasteiger partial charge is 0.383 e. The van der Waals surface area contributed by atoms with Crippen LogP contribution < -0.4 is 10.6 Å². The number of thioether (sulfide) groups is 1. The summed E-state index contributed by atoms with van der Waals surface area (Å²) in [4.78, 5) is 5.80. The normalized spacial score (nSPS) is 14.8. The molecule has 1 aromatic heterocycles. The van der Waals surface area contributed by atoms with Crippen molar-refractivity contribution in [3.05, 3.63) is 48.3 Å². The van der Waals surface area contributed by atoms with Crippen LogP contribution in [0.25, 0.3) is 0 Å². The van der Waals surface area contributed by atoms with Gasteiger partial charge in [0.25, 0.3) is 0 Å². The molecule has 0 aliphatic heterocycles. The molecule has 2 unspecified atom stereocenters. The summed E-state index contributed by atoms with van der Waals surface area (Å²) in [5.74, 6) is 0.706. The molecule has 150 valence electrons. The molecule has 1 aromatic carbocycles. The van der Waals surface area contributed by atoms with Crippen molar-refractivity contribution < 1.29 is 5.11 Å². The molecule has 0 radical (unpaired) electrons. The summed E-state index contributed by atoms with van der Waals surface area (Å²) in [6.45, 7) is 7.76. The van der Waals surface area contributed by atoms with E-state index < -0.39 is 5.60 Å². The van der Waals surface area contributed by atoms with Crippen LogP contribution in [0, 0.1) is 0 Å². The first-order valence-electron chi connectivity index (χ1n) is 8.86. The molecule has 2 aromatic rings. The highest BCUT2D eigenvalue weighted by Crippen LogP contribution is 2.22. The van der Waals surface area contributed by atoms with Gasteiger partial charge in [-0.15, -0.1) is 35.7 Å². The second-order valence-corrected chi connectivity index (χ2v) is 8.01. The van der Waals surface area contributed by atoms with Gasteiger partial charge in [0.1, 0.15) is 5.60 Å². The molecule has 0 amide bonds. The van der Waals surface area contributed by atoms with Crippen molar-refractivity contribution >= 4 is 41.7 Å². The molecule has 0 saturated heterocycles. The highest BCUT2D eigenvalue weighted by Gasteiger charge is 2.24. The maximum atomic E-state index is 10.7. The van der Waals surface area contributed by atoms with Gasteiger partial charge in [0, 0.05) is 42.0 Å². The molecule has 8 heteroatoms. The van der Waals surface area contributed by atoms with Gasteiger partial charge < -0.3 is 15.7 Å². The Bertz CT molecular complexity index is 705. The number of rotatable bonds is 8. The zero-order valence-corrected chi connectivity index (χ0v) is 19.5. The van der Waals surface area contributed by atoms with Crippen LogP contribution in [0.5, 0.6) is 0 Å². The van der Waals surface area contributed by atoms with Gasteiger partial charge in [-0.05, 0) is 26.0 Å². The molecule has 3 N–H and O–H groups in total. The van der Waals surface area contributed by atoms with E-state index in [0.29, 0.717) is 11.2 Å². The van der Waals surface area contributed by atoms with Gasteiger partial charge in [0.2, 0.25) is 0 Å². The van der Waals surface area contributed by atoms with E-state index in [9.17, 15) is 5.11 Å². The number of hydrogen-bond acceptors (Lipinski definition) is 4. The van der Waals surface area contributed by atoms with Crippen molar-refractivity contribution in [2.24, 2.45) is 12.0 Å². The third-order valence-electron chi connectivity index (χ3n) is 3.85. The van der Waals surface area contributed by atoms with E-state index in [2.05, 4.69) is 51.9 Å². The Balaban J connectivity index is 0.00000364. The maximum Gasteiger partial charge on any atom is 0.191 e. The van der Waals surface area contributed by atoms with Gasteiger partial charge in [-0.1, -0.05) is 25.1 Å². The van der Waals surface area contributed by atoms with E-state index in [-0.39, 0.29) is 30.5 Å². The molecule has 6 nitrogen and oxygen atoms in total. The lowest BCUT2D eigenvalue weighted by molar-refractivity contribution is 0.0672. The molecule has 0 saturated carbocycles. The fourth-order valence-corrected chi connectivity index (χ4v) is 3.32. The predicted octanol–water partition coefficient (Wildman–Crippen LogP) is 2.98. The van der Waals surface area contributed by atoms with Gasteiger partial charge in [-0.3, -0.25) is 4.68 Å². The average Bonchev–Trinajstić information content (AvgIpc) is 3.06. The Kier molecular flexibility index (Phi) is 10.2. The van der Waals surface area contributed by atoms with Crippen LogP contribution in [0.2, 0.25) is 0 Å². The SMILES string of the molecule is CCNC(=NCC(C)(O)c1cnn(C)c1)NCC(C)Sc1ccccc1.I. The van der Waals surface area contributed by atoms with Crippen molar-refractivity contribution in [1.29, 1.82) is 0 Å². The van der Waals surface area contributed by atoms with Crippen LogP contribution >= 0.6 is 35.7 Å². The lowest BCUT2D eigenvalue weighted by Crippen LogP contribution is -2.41. The van der Waals surface area contributed by atoms with Crippen molar-refractivity contribution in [3.63, 3.8) is 0 Å². The van der Waals surface area contributed by atoms with Crippen molar-refractivity contribution in [3.8, 4) is 0 Å². The van der Waals surface area contributed by atoms with E-state index in [1.54, 1.807) is 17.8 Å². The Morgan fingerprint density at radius 3 is 2.63 bits per heavy atom. The quantitative estimate of drug-likeness (QED) is 0.224. The van der Waals surface area contributed by atoms with Gasteiger partial charge in [-0.25, -0.2) is 4.99 Å². The highest BCUT2D eigenvalue weighted by molar-refractivity contribution is 14.0. The maximum absolute atomic E-state index is 10.7. The number of aromatic nitrogens is 2. The molecule has 0 fully saturated rings. The van der Waals surface area contributed by atoms with Crippen LogP contribution in [0.3, 0.4) is 0 Å². The number of guanidine groups is 1. The molecule has 2 atom stereocenters. The Labute approximate surface area is 183 Å². The number of nitrogens with zero attached hydrogens (tertiary/aromatic N) is 3. The molecule has 27 heavy (non-hydrogen) atoms. The third kappa shape index (κ3) is 8.10. The second-order valence-electron chi connectivity index (χ2n) is 6.49. The minimum atomic E-state index is -1.05. The van der Waals surface area contributed by atoms with Gasteiger partial charge in [0.05, 0.1) is 12.7 Å². The van der Waals surface area contributed by atoms with E-state index in [1.807, 2.05) is 38.0 Å². The number of aliphatic hydroxyl groups is 1. The smallest absolute Gasteiger partial charge is 0.191 e. The molecule has 2 rings (SSSR count). The first-order valence-corrected chi connectivity index (χ1v) is 9.74. The number of aliphatic imine (C=N–C) groups is 1. The summed E-state index contributed by atoms with van der Waals surface area (Å²) in [6, 6.07) is 10.4. The number of halogens is 1. The topological polar surface area (TPSA) is 74.5 Å². The molecular formula is C19H30IN5OS. The molecular weight excluding hydrogens is 473 g/mol. The molecule has 1 heterocycles. The number of aryl methyl sites for hydroxylation is 1. The average molecular weight is 503 g/mol. The van der Waals surface area contributed by atoms with E-state index in [4.69, 9.17) is 0 Å². The summed E-state index contributed by atoms with van der Waals surface area (Å²) in [5.41, 5.74) is -0.298. The molecule has 0 bridgehead atoms. The predicted molar refractivity (Wildman–Crippen MR) is 124 cm³/mol. The molecule has 0 aliphatic carbocycles. The minimum Gasteiger partial charge on any atom is -0.383 e. The fourth-order valence-electron chi connectivity index (χ4n) is 2.38. The summed E-state index contributed by atoms with van der Waals surface area (Å²) in [6.07, 6.45) is 3.49. The van der Waals surface area contributed by atoms with Crippen LogP contribution in [0.1, 0.15) is 26.3 Å². The standard InChI is InChI=1S/C19H29N5OS.HI/c1-5-20-18(21-11-15(2)26-17-9-7-6-8-10-17)22-14-19(3,25)16-12-23-24(4)13-16;/h6-10,12-13,15,25H,5,11,14H2,1-4H3,(H2,20,21,22);1H. The monoisotopic (exact) mass is 503 g/mol. The van der Waals surface area contributed by atoms with Crippen molar-refractivity contribution in [2.45, 2.75) is 36.5 Å². The van der Waals surface area contributed by atoms with Crippen LogP contribution in [-0.2, 0) is 12.6 Å². The number of hydrogen-bond donors (Lipinski definition) is 3. The third-order valence-corrected chi connectivity index (χ3v) is 4.97. The van der Waals surface area contributed by atoms with Gasteiger partial charge in [-0.2, -0.15) is 5.10 Å². The second kappa shape index (κ2) is 11.6. The molecule has 0 aliphatic rings. The summed E-state index contributed by atoms with van der Waals surface area (Å²) in [7, 11) is 1.83. The summed E-state index contributed by atoms with van der Waals surface area (Å²) in [5, 5.41) is 21.8. The van der Waals surface area contributed by atoms with Gasteiger partial charge in [0.15, 0.2) is 5.96 Å². The van der Waals surface area contributed by atoms with Crippen molar-refractivity contribution in [2.75, 3.05) is 19.6 Å². The Hall–Kier alpha value is -1.26. The van der Waals surface area contributed by atoms with Crippen LogP contribution in [0.15, 0.2) is 52.6 Å². The Morgan fingerprint density at radius 2 is 2.04 bits per heavy atom. The van der Waals surface area contributed by atoms with Crippen LogP contribution in [-0.4, -0.2) is 45.7 Å². The zero-order valence-electron chi connectivity index (χ0n) is 16.3. The first-order chi connectivity index (χ1) is 12.4. The van der Waals surface area contributed by atoms with Gasteiger partial charge >= 0.3 is 0 Å². The lowest BCUT2D eigenvalue weighted by Gasteiger charge is -2.21. The Morgan fingerprint density at radius 1 is 1.33 bits per heavy atom. The van der Waals surface area contributed by atoms with E-state index in [0.717, 1.165) is 18.7 Å². The van der Waals surface area contributed by atoms with Crippen LogP contribution in [0.4, 0.5) is 0 Å². The summed E-state index contributed by atoms with van der Waals surface area (Å²) >= 11 is 1.82. The first kappa shape index (κ1) is 23.8. The molecule has 0 spiro atoms.